The maximum Gasteiger partial charge on any atom is 0.323 e. The molecule has 8 heteroatoms. The van der Waals surface area contributed by atoms with Gasteiger partial charge in [0, 0.05) is 23.7 Å². The fraction of sp³-hybridized carbons (Fsp3) is 0.296. The zero-order valence-corrected chi connectivity index (χ0v) is 20.2. The SMILES string of the molecule is COc1cc(O[C@H]2CCc3c(-c4cccc(C)c4F)cccc32)c(Cl)cc1CN[C@@H](CO)C(=O)O. The lowest BCUT2D eigenvalue weighted by atomic mass is 9.95. The summed E-state index contributed by atoms with van der Waals surface area (Å²) in [5, 5.41) is 21.5. The highest BCUT2D eigenvalue weighted by Gasteiger charge is 2.28. The second-order valence-corrected chi connectivity index (χ2v) is 8.91. The second kappa shape index (κ2) is 10.6. The van der Waals surface area contributed by atoms with Gasteiger partial charge in [-0.2, -0.15) is 0 Å². The average Bonchev–Trinajstić information content (AvgIpc) is 3.25. The van der Waals surface area contributed by atoms with Crippen molar-refractivity contribution in [1.29, 1.82) is 0 Å². The van der Waals surface area contributed by atoms with E-state index in [-0.39, 0.29) is 18.5 Å². The van der Waals surface area contributed by atoms with E-state index in [1.54, 1.807) is 31.2 Å². The molecule has 35 heavy (non-hydrogen) atoms. The summed E-state index contributed by atoms with van der Waals surface area (Å²) in [6.45, 7) is 1.36. The van der Waals surface area contributed by atoms with Crippen LogP contribution in [0.4, 0.5) is 4.39 Å². The van der Waals surface area contributed by atoms with E-state index < -0.39 is 18.6 Å². The third-order valence-corrected chi connectivity index (χ3v) is 6.62. The zero-order valence-electron chi connectivity index (χ0n) is 19.5. The average molecular weight is 500 g/mol. The number of halogens is 2. The van der Waals surface area contributed by atoms with Gasteiger partial charge in [0.1, 0.15) is 29.5 Å². The van der Waals surface area contributed by atoms with Gasteiger partial charge in [-0.05, 0) is 48.1 Å². The van der Waals surface area contributed by atoms with Crippen LogP contribution in [0, 0.1) is 12.7 Å². The van der Waals surface area contributed by atoms with Crippen molar-refractivity contribution in [3.05, 3.63) is 81.6 Å². The van der Waals surface area contributed by atoms with Crippen molar-refractivity contribution in [2.45, 2.75) is 38.5 Å². The molecule has 3 aromatic rings. The Labute approximate surface area is 208 Å². The molecule has 0 bridgehead atoms. The predicted octanol–water partition coefficient (Wildman–Crippen LogP) is 5.06. The van der Waals surface area contributed by atoms with Gasteiger partial charge in [0.05, 0.1) is 18.7 Å². The van der Waals surface area contributed by atoms with Gasteiger partial charge in [0.2, 0.25) is 0 Å². The van der Waals surface area contributed by atoms with Crippen molar-refractivity contribution >= 4 is 17.6 Å². The first-order valence-corrected chi connectivity index (χ1v) is 11.7. The Hall–Kier alpha value is -3.13. The van der Waals surface area contributed by atoms with Gasteiger partial charge in [-0.25, -0.2) is 4.39 Å². The van der Waals surface area contributed by atoms with E-state index in [0.29, 0.717) is 33.2 Å². The van der Waals surface area contributed by atoms with Crippen molar-refractivity contribution in [1.82, 2.24) is 5.32 Å². The minimum absolute atomic E-state index is 0.137. The number of carbonyl (C=O) groups is 1. The molecule has 0 saturated heterocycles. The summed E-state index contributed by atoms with van der Waals surface area (Å²) in [5.41, 5.74) is 4.76. The number of carboxylic acids is 1. The van der Waals surface area contributed by atoms with Crippen LogP contribution < -0.4 is 14.8 Å². The largest absolute Gasteiger partial charge is 0.496 e. The van der Waals surface area contributed by atoms with E-state index in [2.05, 4.69) is 5.32 Å². The number of hydrogen-bond donors (Lipinski definition) is 3. The summed E-state index contributed by atoms with van der Waals surface area (Å²) >= 11 is 6.52. The highest BCUT2D eigenvalue weighted by atomic mass is 35.5. The molecule has 3 N–H and O–H groups in total. The summed E-state index contributed by atoms with van der Waals surface area (Å²) in [6.07, 6.45) is 1.21. The number of benzene rings is 3. The van der Waals surface area contributed by atoms with Crippen molar-refractivity contribution in [2.24, 2.45) is 0 Å². The molecule has 6 nitrogen and oxygen atoms in total. The van der Waals surface area contributed by atoms with Gasteiger partial charge in [-0.3, -0.25) is 10.1 Å². The number of aliphatic hydroxyl groups excluding tert-OH is 1. The van der Waals surface area contributed by atoms with Crippen molar-refractivity contribution in [3.8, 4) is 22.6 Å². The van der Waals surface area contributed by atoms with Gasteiger partial charge >= 0.3 is 5.97 Å². The number of aryl methyl sites for hydroxylation is 1. The number of ether oxygens (including phenoxy) is 2. The zero-order chi connectivity index (χ0) is 25.1. The van der Waals surface area contributed by atoms with Gasteiger partial charge < -0.3 is 19.7 Å². The van der Waals surface area contributed by atoms with Gasteiger partial charge in [-0.1, -0.05) is 48.0 Å². The first-order valence-electron chi connectivity index (χ1n) is 11.3. The van der Waals surface area contributed by atoms with E-state index >= 15 is 0 Å². The van der Waals surface area contributed by atoms with Crippen LogP contribution in [0.15, 0.2) is 48.5 Å². The lowest BCUT2D eigenvalue weighted by molar-refractivity contribution is -0.140. The standard InChI is InChI=1S/C27H27ClFNO5/c1-15-5-3-8-20(26(15)29)17-6-4-7-19-18(17)9-10-23(19)35-25-12-24(34-2)16(11-21(25)28)13-30-22(14-31)27(32)33/h3-8,11-12,22-23,30-31H,9-10,13-14H2,1-2H3,(H,32,33)/t22-,23-/m0/s1. The van der Waals surface area contributed by atoms with Crippen LogP contribution >= 0.6 is 11.6 Å². The van der Waals surface area contributed by atoms with Crippen molar-refractivity contribution < 1.29 is 28.9 Å². The third kappa shape index (κ3) is 5.12. The second-order valence-electron chi connectivity index (χ2n) is 8.50. The van der Waals surface area contributed by atoms with E-state index in [1.165, 1.54) is 7.11 Å². The third-order valence-electron chi connectivity index (χ3n) is 6.32. The number of rotatable bonds is 9. The van der Waals surface area contributed by atoms with E-state index in [4.69, 9.17) is 26.2 Å². The van der Waals surface area contributed by atoms with Crippen LogP contribution in [-0.2, 0) is 17.8 Å². The lowest BCUT2D eigenvalue weighted by Crippen LogP contribution is -2.39. The highest BCUT2D eigenvalue weighted by molar-refractivity contribution is 6.32. The summed E-state index contributed by atoms with van der Waals surface area (Å²) in [5.74, 6) is -0.446. The Morgan fingerprint density at radius 3 is 2.66 bits per heavy atom. The molecule has 0 spiro atoms. The molecule has 1 aliphatic carbocycles. The summed E-state index contributed by atoms with van der Waals surface area (Å²) < 4.78 is 26.6. The van der Waals surface area contributed by atoms with Crippen LogP contribution in [0.5, 0.6) is 11.5 Å². The monoisotopic (exact) mass is 499 g/mol. The minimum Gasteiger partial charge on any atom is -0.496 e. The topological polar surface area (TPSA) is 88.0 Å². The first-order chi connectivity index (χ1) is 16.8. The molecule has 0 saturated carbocycles. The molecule has 3 aromatic carbocycles. The summed E-state index contributed by atoms with van der Waals surface area (Å²) in [6, 6.07) is 13.5. The minimum atomic E-state index is -1.15. The Balaban J connectivity index is 1.59. The van der Waals surface area contributed by atoms with Gasteiger partial charge in [-0.15, -0.1) is 0 Å². The van der Waals surface area contributed by atoms with Crippen LogP contribution in [-0.4, -0.2) is 35.9 Å². The molecule has 0 heterocycles. The molecule has 0 unspecified atom stereocenters. The number of aliphatic hydroxyl groups is 1. The Kier molecular flexibility index (Phi) is 7.60. The molecule has 1 aliphatic rings. The highest BCUT2D eigenvalue weighted by Crippen LogP contribution is 2.43. The smallest absolute Gasteiger partial charge is 0.323 e. The Morgan fingerprint density at radius 1 is 1.20 bits per heavy atom. The fourth-order valence-electron chi connectivity index (χ4n) is 4.46. The maximum absolute atomic E-state index is 14.8. The van der Waals surface area contributed by atoms with Crippen molar-refractivity contribution in [3.63, 3.8) is 0 Å². The Bertz CT molecular complexity index is 1250. The fourth-order valence-corrected chi connectivity index (χ4v) is 4.69. The van der Waals surface area contributed by atoms with E-state index in [0.717, 1.165) is 29.5 Å². The molecule has 0 aromatic heterocycles. The van der Waals surface area contributed by atoms with Gasteiger partial charge in [0.25, 0.3) is 0 Å². The van der Waals surface area contributed by atoms with Crippen LogP contribution in [0.25, 0.3) is 11.1 Å². The van der Waals surface area contributed by atoms with Crippen LogP contribution in [0.1, 0.15) is 34.8 Å². The lowest BCUT2D eigenvalue weighted by Gasteiger charge is -2.19. The number of aliphatic carboxylic acids is 1. The van der Waals surface area contributed by atoms with E-state index in [9.17, 15) is 14.3 Å². The predicted molar refractivity (Wildman–Crippen MR) is 132 cm³/mol. The number of hydrogen-bond acceptors (Lipinski definition) is 5. The molecule has 0 amide bonds. The molecule has 0 fully saturated rings. The number of fused-ring (bicyclic) bond motifs is 1. The summed E-state index contributed by atoms with van der Waals surface area (Å²) in [4.78, 5) is 11.2. The van der Waals surface area contributed by atoms with Crippen LogP contribution in [0.2, 0.25) is 5.02 Å². The molecular formula is C27H27ClFNO5. The molecular weight excluding hydrogens is 473 g/mol. The summed E-state index contributed by atoms with van der Waals surface area (Å²) in [7, 11) is 1.50. The number of carboxylic acid groups (broad SMARTS) is 1. The number of nitrogens with one attached hydrogen (secondary N) is 1. The molecule has 2 atom stereocenters. The molecule has 184 valence electrons. The first kappa shape index (κ1) is 25.0. The quantitative estimate of drug-likeness (QED) is 0.381. The molecule has 0 radical (unpaired) electrons. The van der Waals surface area contributed by atoms with Crippen molar-refractivity contribution in [2.75, 3.05) is 13.7 Å². The van der Waals surface area contributed by atoms with E-state index in [1.807, 2.05) is 24.3 Å². The molecule has 0 aliphatic heterocycles. The molecule has 4 rings (SSSR count). The van der Waals surface area contributed by atoms with Gasteiger partial charge in [0.15, 0.2) is 0 Å². The normalized spacial score (nSPS) is 15.5. The number of methoxy groups -OCH3 is 1. The Morgan fingerprint density at radius 2 is 1.94 bits per heavy atom. The maximum atomic E-state index is 14.8. The van der Waals surface area contributed by atoms with Crippen LogP contribution in [0.3, 0.4) is 0 Å².